The van der Waals surface area contributed by atoms with Gasteiger partial charge in [-0.15, -0.1) is 0 Å². The van der Waals surface area contributed by atoms with Gasteiger partial charge in [-0.3, -0.25) is 0 Å². The van der Waals surface area contributed by atoms with Crippen molar-refractivity contribution in [2.75, 3.05) is 5.73 Å². The summed E-state index contributed by atoms with van der Waals surface area (Å²) in [6.07, 6.45) is 0. The zero-order valence-corrected chi connectivity index (χ0v) is 10.8. The summed E-state index contributed by atoms with van der Waals surface area (Å²) in [6.45, 7) is 0. The molecule has 1 aromatic heterocycles. The fourth-order valence-corrected chi connectivity index (χ4v) is 1.80. The number of anilines is 1. The van der Waals surface area contributed by atoms with Crippen LogP contribution in [0.1, 0.15) is 5.56 Å². The number of hydrogen-bond donors (Lipinski definition) is 1. The molecule has 2 N–H and O–H groups in total. The molecule has 0 amide bonds. The molecule has 0 aliphatic carbocycles. The van der Waals surface area contributed by atoms with E-state index in [2.05, 4.69) is 25.9 Å². The number of benzene rings is 1. The number of halogens is 2. The van der Waals surface area contributed by atoms with Crippen molar-refractivity contribution in [3.8, 4) is 17.3 Å². The third kappa shape index (κ3) is 2.38. The molecule has 0 unspecified atom stereocenters. The minimum absolute atomic E-state index is 0.232. The van der Waals surface area contributed by atoms with Crippen LogP contribution < -0.4 is 5.73 Å². The molecule has 84 valence electrons. The van der Waals surface area contributed by atoms with Crippen LogP contribution in [0.15, 0.2) is 28.9 Å². The molecule has 4 nitrogen and oxygen atoms in total. The maximum atomic E-state index is 8.71. The summed E-state index contributed by atoms with van der Waals surface area (Å²) in [5, 5.41) is 8.94. The molecule has 2 aromatic rings. The predicted octanol–water partition coefficient (Wildman–Crippen LogP) is 3.01. The molecule has 0 radical (unpaired) electrons. The lowest BCUT2D eigenvalue weighted by atomic mass is 10.1. The fourth-order valence-electron chi connectivity index (χ4n) is 1.29. The van der Waals surface area contributed by atoms with E-state index in [4.69, 9.17) is 22.6 Å². The average molecular weight is 310 g/mol. The molecule has 0 spiro atoms. The van der Waals surface area contributed by atoms with Crippen molar-refractivity contribution < 1.29 is 0 Å². The average Bonchev–Trinajstić information content (AvgIpc) is 2.34. The summed E-state index contributed by atoms with van der Waals surface area (Å²) in [5.41, 5.74) is 7.45. The first-order valence-electron chi connectivity index (χ1n) is 4.61. The van der Waals surface area contributed by atoms with Gasteiger partial charge < -0.3 is 5.73 Å². The number of nitrogens with zero attached hydrogens (tertiary/aromatic N) is 3. The molecule has 0 saturated heterocycles. The van der Waals surface area contributed by atoms with Crippen molar-refractivity contribution in [3.63, 3.8) is 0 Å². The highest BCUT2D eigenvalue weighted by molar-refractivity contribution is 9.10. The van der Waals surface area contributed by atoms with Gasteiger partial charge >= 0.3 is 0 Å². The van der Waals surface area contributed by atoms with E-state index >= 15 is 0 Å². The molecule has 2 rings (SSSR count). The van der Waals surface area contributed by atoms with Gasteiger partial charge in [0.1, 0.15) is 10.3 Å². The van der Waals surface area contributed by atoms with Crippen molar-refractivity contribution in [1.29, 1.82) is 5.26 Å². The Hall–Kier alpha value is -1.64. The summed E-state index contributed by atoms with van der Waals surface area (Å²) in [5.74, 6) is 0.243. The maximum Gasteiger partial charge on any atom is 0.158 e. The Labute approximate surface area is 111 Å². The van der Waals surface area contributed by atoms with Crippen molar-refractivity contribution in [3.05, 3.63) is 39.6 Å². The summed E-state index contributed by atoms with van der Waals surface area (Å²) >= 11 is 9.17. The second-order valence-corrected chi connectivity index (χ2v) is 4.34. The van der Waals surface area contributed by atoms with Gasteiger partial charge in [-0.05, 0) is 28.1 Å². The molecule has 0 aliphatic rings. The number of nitrogens with two attached hydrogens (primary N) is 1. The van der Waals surface area contributed by atoms with Crippen LogP contribution in [0.2, 0.25) is 5.15 Å². The molecule has 0 saturated carbocycles. The van der Waals surface area contributed by atoms with E-state index in [0.717, 1.165) is 5.56 Å². The van der Waals surface area contributed by atoms with E-state index in [9.17, 15) is 0 Å². The fraction of sp³-hybridized carbons (Fsp3) is 0. The molecule has 0 atom stereocenters. The highest BCUT2D eigenvalue weighted by atomic mass is 79.9. The lowest BCUT2D eigenvalue weighted by Crippen LogP contribution is -1.97. The molecule has 6 heteroatoms. The van der Waals surface area contributed by atoms with Crippen LogP contribution in [0.3, 0.4) is 0 Å². The second kappa shape index (κ2) is 4.70. The standard InChI is InChI=1S/C11H6BrClN4/c12-9-11(15)17-10(13)8(16-9)7-3-1-6(5-14)2-4-7/h1-4H,(H2,15,17). The minimum Gasteiger partial charge on any atom is -0.381 e. The quantitative estimate of drug-likeness (QED) is 0.878. The lowest BCUT2D eigenvalue weighted by molar-refractivity contribution is 1.18. The van der Waals surface area contributed by atoms with Crippen LogP contribution in [-0.2, 0) is 0 Å². The summed E-state index contributed by atoms with van der Waals surface area (Å²) in [7, 11) is 0. The van der Waals surface area contributed by atoms with E-state index in [1.807, 2.05) is 6.07 Å². The Balaban J connectivity index is 2.53. The minimum atomic E-state index is 0.232. The highest BCUT2D eigenvalue weighted by Crippen LogP contribution is 2.28. The number of nitriles is 1. The molecule has 1 heterocycles. The first-order chi connectivity index (χ1) is 8.11. The molecular formula is C11H6BrClN4. The SMILES string of the molecule is N#Cc1ccc(-c2nc(Br)c(N)nc2Cl)cc1. The van der Waals surface area contributed by atoms with Crippen LogP contribution >= 0.6 is 27.5 Å². The first kappa shape index (κ1) is 11.8. The van der Waals surface area contributed by atoms with Gasteiger partial charge in [0.2, 0.25) is 0 Å². The normalized spacial score (nSPS) is 9.94. The van der Waals surface area contributed by atoms with Gasteiger partial charge in [-0.1, -0.05) is 23.7 Å². The van der Waals surface area contributed by atoms with E-state index in [1.165, 1.54) is 0 Å². The summed E-state index contributed by atoms with van der Waals surface area (Å²) in [4.78, 5) is 8.17. The molecule has 1 aromatic carbocycles. The molecule has 0 aliphatic heterocycles. The van der Waals surface area contributed by atoms with Crippen LogP contribution in [0.5, 0.6) is 0 Å². The molecular weight excluding hydrogens is 304 g/mol. The Morgan fingerprint density at radius 3 is 2.47 bits per heavy atom. The maximum absolute atomic E-state index is 8.71. The zero-order chi connectivity index (χ0) is 12.4. The van der Waals surface area contributed by atoms with Crippen molar-refractivity contribution >= 4 is 33.3 Å². The second-order valence-electron chi connectivity index (χ2n) is 3.23. The number of rotatable bonds is 1. The number of aromatic nitrogens is 2. The molecule has 0 bridgehead atoms. The van der Waals surface area contributed by atoms with Crippen molar-refractivity contribution in [2.24, 2.45) is 0 Å². The number of nitrogen functional groups attached to an aromatic ring is 1. The van der Waals surface area contributed by atoms with Crippen LogP contribution in [-0.4, -0.2) is 9.97 Å². The predicted molar refractivity (Wildman–Crippen MR) is 69.3 cm³/mol. The third-order valence-corrected chi connectivity index (χ3v) is 2.97. The van der Waals surface area contributed by atoms with E-state index in [1.54, 1.807) is 24.3 Å². The topological polar surface area (TPSA) is 75.6 Å². The smallest absolute Gasteiger partial charge is 0.158 e. The Kier molecular flexibility index (Phi) is 3.27. The largest absolute Gasteiger partial charge is 0.381 e. The van der Waals surface area contributed by atoms with E-state index in [-0.39, 0.29) is 11.0 Å². The molecule has 0 fully saturated rings. The third-order valence-electron chi connectivity index (χ3n) is 2.12. The van der Waals surface area contributed by atoms with Crippen molar-refractivity contribution in [2.45, 2.75) is 0 Å². The molecule has 17 heavy (non-hydrogen) atoms. The first-order valence-corrected chi connectivity index (χ1v) is 5.78. The van der Waals surface area contributed by atoms with Crippen LogP contribution in [0.4, 0.5) is 5.82 Å². The van der Waals surface area contributed by atoms with Crippen LogP contribution in [0, 0.1) is 11.3 Å². The van der Waals surface area contributed by atoms with Gasteiger partial charge in [-0.25, -0.2) is 9.97 Å². The highest BCUT2D eigenvalue weighted by Gasteiger charge is 2.10. The van der Waals surface area contributed by atoms with Gasteiger partial charge in [0.05, 0.1) is 11.6 Å². The van der Waals surface area contributed by atoms with Gasteiger partial charge in [0, 0.05) is 5.56 Å². The zero-order valence-electron chi connectivity index (χ0n) is 8.48. The Bertz CT molecular complexity index is 604. The number of hydrogen-bond acceptors (Lipinski definition) is 4. The van der Waals surface area contributed by atoms with E-state index < -0.39 is 0 Å². The van der Waals surface area contributed by atoms with E-state index in [0.29, 0.717) is 15.9 Å². The summed E-state index contributed by atoms with van der Waals surface area (Å²) in [6, 6.07) is 8.95. The van der Waals surface area contributed by atoms with Crippen LogP contribution in [0.25, 0.3) is 11.3 Å². The Morgan fingerprint density at radius 2 is 1.88 bits per heavy atom. The monoisotopic (exact) mass is 308 g/mol. The van der Waals surface area contributed by atoms with Gasteiger partial charge in [0.25, 0.3) is 0 Å². The lowest BCUT2D eigenvalue weighted by Gasteiger charge is -2.05. The van der Waals surface area contributed by atoms with Gasteiger partial charge in [0.15, 0.2) is 11.0 Å². The van der Waals surface area contributed by atoms with Crippen molar-refractivity contribution in [1.82, 2.24) is 9.97 Å². The Morgan fingerprint density at radius 1 is 1.24 bits per heavy atom. The van der Waals surface area contributed by atoms with Gasteiger partial charge in [-0.2, -0.15) is 5.26 Å². The summed E-state index contributed by atoms with van der Waals surface area (Å²) < 4.78 is 0.446.